The Morgan fingerprint density at radius 1 is 0.880 bits per heavy atom. The highest BCUT2D eigenvalue weighted by Gasteiger charge is 2.05. The second kappa shape index (κ2) is 7.13. The van der Waals surface area contributed by atoms with E-state index < -0.39 is 0 Å². The van der Waals surface area contributed by atoms with Crippen molar-refractivity contribution < 1.29 is 4.79 Å². The number of nitrogens with one attached hydrogen (secondary N) is 2. The van der Waals surface area contributed by atoms with Crippen LogP contribution in [0.3, 0.4) is 0 Å². The molecule has 2 aromatic carbocycles. The summed E-state index contributed by atoms with van der Waals surface area (Å²) in [5.41, 5.74) is 4.44. The van der Waals surface area contributed by atoms with Crippen LogP contribution in [0.25, 0.3) is 0 Å². The van der Waals surface area contributed by atoms with Crippen LogP contribution in [0, 0.1) is 13.8 Å². The van der Waals surface area contributed by atoms with Gasteiger partial charge in [-0.3, -0.25) is 4.79 Å². The second-order valence-electron chi connectivity index (χ2n) is 5.97. The zero-order valence-corrected chi connectivity index (χ0v) is 14.5. The first-order valence-corrected chi connectivity index (χ1v) is 8.07. The predicted molar refractivity (Wildman–Crippen MR) is 101 cm³/mol. The third kappa shape index (κ3) is 4.41. The molecule has 0 aliphatic heterocycles. The molecule has 126 valence electrons. The fraction of sp³-hybridized carbons (Fsp3) is 0.150. The molecule has 0 saturated heterocycles. The summed E-state index contributed by atoms with van der Waals surface area (Å²) in [7, 11) is 0. The van der Waals surface area contributed by atoms with Crippen molar-refractivity contribution in [3.8, 4) is 0 Å². The number of hydrogen-bond donors (Lipinski definition) is 2. The molecule has 3 aromatic rings. The van der Waals surface area contributed by atoms with Gasteiger partial charge in [-0.15, -0.1) is 0 Å². The number of carbonyl (C=O) groups excluding carboxylic acids is 1. The van der Waals surface area contributed by atoms with E-state index >= 15 is 0 Å². The topological polar surface area (TPSA) is 66.9 Å². The average molecular weight is 332 g/mol. The number of anilines is 4. The molecule has 0 spiro atoms. The van der Waals surface area contributed by atoms with E-state index in [2.05, 4.69) is 20.6 Å². The minimum absolute atomic E-state index is 0.0317. The Kier molecular flexibility index (Phi) is 4.75. The van der Waals surface area contributed by atoms with E-state index in [0.717, 1.165) is 17.1 Å². The van der Waals surface area contributed by atoms with Crippen LogP contribution >= 0.6 is 0 Å². The molecule has 0 amide bonds. The van der Waals surface area contributed by atoms with Gasteiger partial charge in [-0.1, -0.05) is 29.8 Å². The number of benzene rings is 2. The number of nitrogens with zero attached hydrogens (tertiary/aromatic N) is 2. The lowest BCUT2D eigenvalue weighted by Gasteiger charge is -2.11. The lowest BCUT2D eigenvalue weighted by atomic mass is 10.1. The zero-order valence-electron chi connectivity index (χ0n) is 14.5. The first kappa shape index (κ1) is 16.6. The standard InChI is InChI=1S/C20H20N4O/c1-13-7-9-17(10-8-13)23-20-21-14(2)11-19(24-20)22-18-6-4-5-16(12-18)15(3)25/h4-12H,1-3H3,(H2,21,22,23,24). The third-order valence-corrected chi connectivity index (χ3v) is 3.70. The first-order chi connectivity index (χ1) is 12.0. The Bertz CT molecular complexity index is 904. The number of carbonyl (C=O) groups is 1. The number of Topliss-reactive ketones (excluding diaryl/α,β-unsaturated/α-hetero) is 1. The van der Waals surface area contributed by atoms with Gasteiger partial charge in [0.05, 0.1) is 0 Å². The van der Waals surface area contributed by atoms with Gasteiger partial charge in [-0.2, -0.15) is 4.98 Å². The summed E-state index contributed by atoms with van der Waals surface area (Å²) in [5, 5.41) is 6.44. The molecule has 5 heteroatoms. The lowest BCUT2D eigenvalue weighted by molar-refractivity contribution is 0.101. The summed E-state index contributed by atoms with van der Waals surface area (Å²) in [6, 6.07) is 17.3. The van der Waals surface area contributed by atoms with Gasteiger partial charge in [-0.25, -0.2) is 4.98 Å². The van der Waals surface area contributed by atoms with Crippen molar-refractivity contribution in [1.82, 2.24) is 9.97 Å². The molecule has 0 bridgehead atoms. The van der Waals surface area contributed by atoms with Gasteiger partial charge < -0.3 is 10.6 Å². The van der Waals surface area contributed by atoms with Gasteiger partial charge in [0.25, 0.3) is 0 Å². The van der Waals surface area contributed by atoms with E-state index in [9.17, 15) is 4.79 Å². The predicted octanol–water partition coefficient (Wildman–Crippen LogP) is 4.78. The van der Waals surface area contributed by atoms with Crippen LogP contribution in [-0.4, -0.2) is 15.8 Å². The molecule has 0 saturated carbocycles. The Labute approximate surface area is 147 Å². The van der Waals surface area contributed by atoms with Crippen LogP contribution in [0.4, 0.5) is 23.1 Å². The Balaban J connectivity index is 1.83. The van der Waals surface area contributed by atoms with Gasteiger partial charge in [0.15, 0.2) is 5.78 Å². The first-order valence-electron chi connectivity index (χ1n) is 8.07. The van der Waals surface area contributed by atoms with Gasteiger partial charge in [-0.05, 0) is 45.0 Å². The Morgan fingerprint density at radius 2 is 1.64 bits per heavy atom. The summed E-state index contributed by atoms with van der Waals surface area (Å²) in [6.07, 6.45) is 0. The van der Waals surface area contributed by atoms with Crippen LogP contribution in [0.5, 0.6) is 0 Å². The van der Waals surface area contributed by atoms with Crippen molar-refractivity contribution in [3.05, 3.63) is 71.4 Å². The van der Waals surface area contributed by atoms with Gasteiger partial charge in [0.1, 0.15) is 5.82 Å². The van der Waals surface area contributed by atoms with Crippen molar-refractivity contribution in [1.29, 1.82) is 0 Å². The van der Waals surface area contributed by atoms with E-state index in [-0.39, 0.29) is 5.78 Å². The molecule has 1 aromatic heterocycles. The molecule has 0 radical (unpaired) electrons. The fourth-order valence-electron chi connectivity index (χ4n) is 2.42. The van der Waals surface area contributed by atoms with Gasteiger partial charge in [0, 0.05) is 28.7 Å². The normalized spacial score (nSPS) is 10.4. The van der Waals surface area contributed by atoms with Crippen LogP contribution in [0.2, 0.25) is 0 Å². The number of hydrogen-bond acceptors (Lipinski definition) is 5. The van der Waals surface area contributed by atoms with Crippen molar-refractivity contribution in [3.63, 3.8) is 0 Å². The summed E-state index contributed by atoms with van der Waals surface area (Å²) in [4.78, 5) is 20.4. The highest BCUT2D eigenvalue weighted by atomic mass is 16.1. The SMILES string of the molecule is CC(=O)c1cccc(Nc2cc(C)nc(Nc3ccc(C)cc3)n2)c1. The molecule has 5 nitrogen and oxygen atoms in total. The molecule has 0 aliphatic carbocycles. The van der Waals surface area contributed by atoms with E-state index in [1.54, 1.807) is 13.0 Å². The zero-order chi connectivity index (χ0) is 17.8. The Hall–Kier alpha value is -3.21. The summed E-state index contributed by atoms with van der Waals surface area (Å²) >= 11 is 0. The van der Waals surface area contributed by atoms with E-state index in [0.29, 0.717) is 17.3 Å². The third-order valence-electron chi connectivity index (χ3n) is 3.70. The highest BCUT2D eigenvalue weighted by Crippen LogP contribution is 2.20. The molecule has 25 heavy (non-hydrogen) atoms. The van der Waals surface area contributed by atoms with Crippen molar-refractivity contribution in [2.75, 3.05) is 10.6 Å². The molecule has 0 aliphatic rings. The number of ketones is 1. The lowest BCUT2D eigenvalue weighted by Crippen LogP contribution is -2.03. The van der Waals surface area contributed by atoms with Crippen LogP contribution in [-0.2, 0) is 0 Å². The maximum atomic E-state index is 11.5. The maximum Gasteiger partial charge on any atom is 0.229 e. The Morgan fingerprint density at radius 3 is 2.36 bits per heavy atom. The molecule has 1 heterocycles. The number of rotatable bonds is 5. The van der Waals surface area contributed by atoms with E-state index in [4.69, 9.17) is 0 Å². The molecule has 0 fully saturated rings. The van der Waals surface area contributed by atoms with Gasteiger partial charge in [0.2, 0.25) is 5.95 Å². The molecular formula is C20H20N4O. The van der Waals surface area contributed by atoms with E-state index in [1.807, 2.05) is 62.4 Å². The average Bonchev–Trinajstić information content (AvgIpc) is 2.57. The summed E-state index contributed by atoms with van der Waals surface area (Å²) in [6.45, 7) is 5.51. The minimum atomic E-state index is 0.0317. The van der Waals surface area contributed by atoms with Crippen molar-refractivity contribution in [2.24, 2.45) is 0 Å². The van der Waals surface area contributed by atoms with Crippen molar-refractivity contribution in [2.45, 2.75) is 20.8 Å². The minimum Gasteiger partial charge on any atom is -0.340 e. The van der Waals surface area contributed by atoms with Crippen LogP contribution in [0.15, 0.2) is 54.6 Å². The van der Waals surface area contributed by atoms with Gasteiger partial charge >= 0.3 is 0 Å². The quantitative estimate of drug-likeness (QED) is 0.658. The highest BCUT2D eigenvalue weighted by molar-refractivity contribution is 5.95. The molecule has 0 unspecified atom stereocenters. The molecule has 2 N–H and O–H groups in total. The summed E-state index contributed by atoms with van der Waals surface area (Å²) < 4.78 is 0. The maximum absolute atomic E-state index is 11.5. The monoisotopic (exact) mass is 332 g/mol. The van der Waals surface area contributed by atoms with Crippen molar-refractivity contribution >= 4 is 28.9 Å². The second-order valence-corrected chi connectivity index (χ2v) is 5.97. The summed E-state index contributed by atoms with van der Waals surface area (Å²) in [5.74, 6) is 1.22. The molecule has 0 atom stereocenters. The number of aryl methyl sites for hydroxylation is 2. The molecular weight excluding hydrogens is 312 g/mol. The largest absolute Gasteiger partial charge is 0.340 e. The van der Waals surface area contributed by atoms with Crippen LogP contribution in [0.1, 0.15) is 28.5 Å². The van der Waals surface area contributed by atoms with E-state index in [1.165, 1.54) is 5.56 Å². The number of aromatic nitrogens is 2. The van der Waals surface area contributed by atoms with Crippen LogP contribution < -0.4 is 10.6 Å². The smallest absolute Gasteiger partial charge is 0.229 e. The fourth-order valence-corrected chi connectivity index (χ4v) is 2.42. The molecule has 3 rings (SSSR count).